The lowest BCUT2D eigenvalue weighted by Gasteiger charge is -2.10. The van der Waals surface area contributed by atoms with Gasteiger partial charge in [-0.1, -0.05) is 12.1 Å². The summed E-state index contributed by atoms with van der Waals surface area (Å²) < 4.78 is 54.3. The van der Waals surface area contributed by atoms with Gasteiger partial charge in [-0.3, -0.25) is 0 Å². The third-order valence-corrected chi connectivity index (χ3v) is 4.68. The van der Waals surface area contributed by atoms with E-state index in [9.17, 15) is 13.2 Å². The summed E-state index contributed by atoms with van der Waals surface area (Å²) in [5.74, 6) is 2.40. The van der Waals surface area contributed by atoms with Crippen molar-refractivity contribution in [2.45, 2.75) is 12.6 Å². The quantitative estimate of drug-likeness (QED) is 0.296. The van der Waals surface area contributed by atoms with Crippen molar-refractivity contribution >= 4 is 6.08 Å². The SMILES string of the molecule is COc1ccc(/C=C/[CH-][NH2+]CCCOc2ccc(Oc3ccc(C(F)(F)F)cc3)cc2)cc1. The highest BCUT2D eigenvalue weighted by Gasteiger charge is 2.30. The smallest absolute Gasteiger partial charge is 0.416 e. The minimum Gasteiger partial charge on any atom is -0.497 e. The average molecular weight is 457 g/mol. The van der Waals surface area contributed by atoms with Crippen LogP contribution in [-0.2, 0) is 6.18 Å². The molecule has 0 fully saturated rings. The predicted octanol–water partition coefficient (Wildman–Crippen LogP) is 5.71. The van der Waals surface area contributed by atoms with Crippen LogP contribution in [0, 0.1) is 6.54 Å². The Bertz CT molecular complexity index is 999. The van der Waals surface area contributed by atoms with Crippen LogP contribution in [0.3, 0.4) is 0 Å². The molecular weight excluding hydrogens is 431 g/mol. The lowest BCUT2D eigenvalue weighted by atomic mass is 10.2. The second-order valence-corrected chi connectivity index (χ2v) is 7.15. The van der Waals surface area contributed by atoms with E-state index in [0.29, 0.717) is 23.9 Å². The molecule has 0 aliphatic rings. The van der Waals surface area contributed by atoms with Crippen molar-refractivity contribution in [2.75, 3.05) is 20.3 Å². The van der Waals surface area contributed by atoms with Gasteiger partial charge in [-0.2, -0.15) is 25.3 Å². The van der Waals surface area contributed by atoms with E-state index in [1.54, 1.807) is 31.4 Å². The fraction of sp³-hybridized carbons (Fsp3) is 0.192. The highest BCUT2D eigenvalue weighted by atomic mass is 19.4. The topological polar surface area (TPSA) is 44.3 Å². The van der Waals surface area contributed by atoms with Gasteiger partial charge in [0, 0.05) is 6.42 Å². The normalized spacial score (nSPS) is 11.4. The van der Waals surface area contributed by atoms with Crippen molar-refractivity contribution in [2.24, 2.45) is 0 Å². The minimum atomic E-state index is -4.36. The zero-order valence-corrected chi connectivity index (χ0v) is 18.2. The van der Waals surface area contributed by atoms with Crippen LogP contribution in [0.1, 0.15) is 17.5 Å². The Morgan fingerprint density at radius 2 is 1.39 bits per heavy atom. The number of nitrogens with two attached hydrogens (primary N) is 1. The molecule has 0 radical (unpaired) electrons. The van der Waals surface area contributed by atoms with E-state index < -0.39 is 11.7 Å². The van der Waals surface area contributed by atoms with Crippen LogP contribution in [0.2, 0.25) is 0 Å². The van der Waals surface area contributed by atoms with Crippen LogP contribution in [0.5, 0.6) is 23.0 Å². The van der Waals surface area contributed by atoms with Crippen molar-refractivity contribution in [3.05, 3.63) is 96.5 Å². The highest BCUT2D eigenvalue weighted by molar-refractivity contribution is 5.51. The van der Waals surface area contributed by atoms with Crippen molar-refractivity contribution in [1.82, 2.24) is 0 Å². The number of methoxy groups -OCH3 is 1. The molecule has 0 spiro atoms. The van der Waals surface area contributed by atoms with E-state index in [2.05, 4.69) is 5.32 Å². The van der Waals surface area contributed by atoms with E-state index in [1.165, 1.54) is 12.1 Å². The van der Waals surface area contributed by atoms with Gasteiger partial charge in [0.2, 0.25) is 0 Å². The van der Waals surface area contributed by atoms with Crippen LogP contribution in [-0.4, -0.2) is 20.3 Å². The van der Waals surface area contributed by atoms with Crippen molar-refractivity contribution < 1.29 is 32.7 Å². The molecule has 3 aromatic rings. The first kappa shape index (κ1) is 24.1. The van der Waals surface area contributed by atoms with Gasteiger partial charge in [-0.25, -0.2) is 0 Å². The zero-order valence-electron chi connectivity index (χ0n) is 18.2. The molecule has 0 saturated heterocycles. The molecule has 2 N–H and O–H groups in total. The minimum absolute atomic E-state index is 0.337. The monoisotopic (exact) mass is 457 g/mol. The number of benzene rings is 3. The molecule has 33 heavy (non-hydrogen) atoms. The highest BCUT2D eigenvalue weighted by Crippen LogP contribution is 2.31. The number of halogens is 3. The van der Waals surface area contributed by atoms with Crippen molar-refractivity contribution in [3.63, 3.8) is 0 Å². The number of quaternary nitrogens is 1. The Morgan fingerprint density at radius 3 is 2.00 bits per heavy atom. The molecule has 0 atom stereocenters. The second kappa shape index (κ2) is 11.9. The average Bonchev–Trinajstić information content (AvgIpc) is 2.82. The van der Waals surface area contributed by atoms with Crippen molar-refractivity contribution in [1.29, 1.82) is 0 Å². The van der Waals surface area contributed by atoms with E-state index in [0.717, 1.165) is 36.4 Å². The molecule has 3 aromatic carbocycles. The summed E-state index contributed by atoms with van der Waals surface area (Å²) in [7, 11) is 1.65. The molecule has 4 nitrogen and oxygen atoms in total. The fourth-order valence-electron chi connectivity index (χ4n) is 2.90. The Labute approximate surface area is 191 Å². The Morgan fingerprint density at radius 1 is 0.818 bits per heavy atom. The van der Waals surface area contributed by atoms with Crippen LogP contribution in [0.15, 0.2) is 78.9 Å². The molecular formula is C26H26F3NO3. The number of rotatable bonds is 11. The van der Waals surface area contributed by atoms with Gasteiger partial charge >= 0.3 is 6.18 Å². The second-order valence-electron chi connectivity index (χ2n) is 7.15. The largest absolute Gasteiger partial charge is 0.497 e. The summed E-state index contributed by atoms with van der Waals surface area (Å²) in [6, 6.07) is 19.4. The molecule has 0 unspecified atom stereocenters. The van der Waals surface area contributed by atoms with Crippen LogP contribution in [0.25, 0.3) is 6.08 Å². The summed E-state index contributed by atoms with van der Waals surface area (Å²) in [5, 5.41) is 2.09. The first-order chi connectivity index (χ1) is 15.9. The Balaban J connectivity index is 1.31. The van der Waals surface area contributed by atoms with Crippen LogP contribution < -0.4 is 19.5 Å². The first-order valence-electron chi connectivity index (χ1n) is 10.5. The maximum atomic E-state index is 12.6. The lowest BCUT2D eigenvalue weighted by Crippen LogP contribution is -2.80. The first-order valence-corrected chi connectivity index (χ1v) is 10.5. The summed E-state index contributed by atoms with van der Waals surface area (Å²) in [6.07, 6.45) is 0.538. The molecule has 0 amide bonds. The van der Waals surface area contributed by atoms with E-state index >= 15 is 0 Å². The third kappa shape index (κ3) is 8.12. The third-order valence-electron chi connectivity index (χ3n) is 4.68. The van der Waals surface area contributed by atoms with Crippen LogP contribution in [0.4, 0.5) is 13.2 Å². The summed E-state index contributed by atoms with van der Waals surface area (Å²) in [5.41, 5.74) is 0.399. The molecule has 0 saturated carbocycles. The van der Waals surface area contributed by atoms with E-state index in [4.69, 9.17) is 14.2 Å². The maximum absolute atomic E-state index is 12.6. The molecule has 0 heterocycles. The summed E-state index contributed by atoms with van der Waals surface area (Å²) in [4.78, 5) is 0. The van der Waals surface area contributed by atoms with Crippen LogP contribution >= 0.6 is 0 Å². The Hall–Kier alpha value is -3.58. The standard InChI is InChI=1S/C26H26F3NO3/c1-31-22-9-5-20(6-10-22)4-2-17-30-18-3-19-32-23-13-15-25(16-14-23)33-24-11-7-21(8-12-24)26(27,28)29/h2,4-17H,3,18-19,30H2,1H3/b4-2+. The van der Waals surface area contributed by atoms with Gasteiger partial charge in [-0.05, 0) is 67.2 Å². The molecule has 0 aliphatic carbocycles. The van der Waals surface area contributed by atoms with Gasteiger partial charge in [-0.15, -0.1) is 5.56 Å². The lowest BCUT2D eigenvalue weighted by molar-refractivity contribution is -0.610. The molecule has 0 aliphatic heterocycles. The zero-order chi connectivity index (χ0) is 23.5. The van der Waals surface area contributed by atoms with E-state index in [1.807, 2.05) is 43.0 Å². The van der Waals surface area contributed by atoms with Gasteiger partial charge < -0.3 is 19.5 Å². The van der Waals surface area contributed by atoms with Gasteiger partial charge in [0.1, 0.15) is 23.0 Å². The number of alkyl halides is 3. The summed E-state index contributed by atoms with van der Waals surface area (Å²) in [6.45, 7) is 3.48. The number of hydrogen-bond acceptors (Lipinski definition) is 3. The van der Waals surface area contributed by atoms with Gasteiger partial charge in [0.15, 0.2) is 0 Å². The molecule has 0 aromatic heterocycles. The fourth-order valence-corrected chi connectivity index (χ4v) is 2.90. The summed E-state index contributed by atoms with van der Waals surface area (Å²) >= 11 is 0. The van der Waals surface area contributed by atoms with Gasteiger partial charge in [0.25, 0.3) is 0 Å². The number of hydrogen-bond donors (Lipinski definition) is 1. The van der Waals surface area contributed by atoms with E-state index in [-0.39, 0.29) is 0 Å². The number of ether oxygens (including phenoxy) is 3. The Kier molecular flexibility index (Phi) is 8.66. The maximum Gasteiger partial charge on any atom is 0.416 e. The molecule has 3 rings (SSSR count). The molecule has 0 bridgehead atoms. The molecule has 7 heteroatoms. The van der Waals surface area contributed by atoms with Crippen molar-refractivity contribution in [3.8, 4) is 23.0 Å². The molecule has 174 valence electrons. The predicted molar refractivity (Wildman–Crippen MR) is 121 cm³/mol. The van der Waals surface area contributed by atoms with Gasteiger partial charge in [0.05, 0.1) is 25.8 Å².